The normalized spacial score (nSPS) is 10.6. The molecule has 2 rings (SSSR count). The van der Waals surface area contributed by atoms with Crippen molar-refractivity contribution in [3.63, 3.8) is 0 Å². The number of methoxy groups -OCH3 is 1. The standard InChI is InChI=1S/C12H12N2O2/c1-16-8-10(15)6-9-7-13-11-4-2-3-5-12(11)14-9/h2-5,7H,6,8H2,1H3. The van der Waals surface area contributed by atoms with E-state index in [1.807, 2.05) is 24.3 Å². The van der Waals surface area contributed by atoms with Crippen LogP contribution in [-0.4, -0.2) is 29.5 Å². The van der Waals surface area contributed by atoms with Crippen LogP contribution in [0.1, 0.15) is 5.69 Å². The van der Waals surface area contributed by atoms with Crippen LogP contribution in [0.2, 0.25) is 0 Å². The summed E-state index contributed by atoms with van der Waals surface area (Å²) in [5, 5.41) is 0. The van der Waals surface area contributed by atoms with Crippen LogP contribution in [-0.2, 0) is 16.0 Å². The highest BCUT2D eigenvalue weighted by Crippen LogP contribution is 2.08. The Balaban J connectivity index is 2.22. The van der Waals surface area contributed by atoms with E-state index in [9.17, 15) is 4.79 Å². The molecule has 4 heteroatoms. The second kappa shape index (κ2) is 4.81. The van der Waals surface area contributed by atoms with Crippen molar-refractivity contribution in [1.29, 1.82) is 0 Å². The van der Waals surface area contributed by atoms with Gasteiger partial charge in [0.05, 0.1) is 23.1 Å². The van der Waals surface area contributed by atoms with Gasteiger partial charge in [-0.05, 0) is 12.1 Å². The summed E-state index contributed by atoms with van der Waals surface area (Å²) in [4.78, 5) is 20.0. The van der Waals surface area contributed by atoms with E-state index < -0.39 is 0 Å². The molecule has 0 aliphatic heterocycles. The van der Waals surface area contributed by atoms with Crippen molar-refractivity contribution < 1.29 is 9.53 Å². The molecule has 16 heavy (non-hydrogen) atoms. The number of rotatable bonds is 4. The topological polar surface area (TPSA) is 52.1 Å². The minimum atomic E-state index is 0.00656. The number of aromatic nitrogens is 2. The molecule has 0 aliphatic rings. The fraction of sp³-hybridized carbons (Fsp3) is 0.250. The molecule has 0 bridgehead atoms. The first-order valence-electron chi connectivity index (χ1n) is 5.01. The summed E-state index contributed by atoms with van der Waals surface area (Å²) >= 11 is 0. The smallest absolute Gasteiger partial charge is 0.164 e. The average molecular weight is 216 g/mol. The molecule has 0 atom stereocenters. The Morgan fingerprint density at radius 2 is 2.06 bits per heavy atom. The summed E-state index contributed by atoms with van der Waals surface area (Å²) in [6.07, 6.45) is 1.90. The maximum absolute atomic E-state index is 11.4. The molecule has 0 spiro atoms. The number of hydrogen-bond acceptors (Lipinski definition) is 4. The number of hydrogen-bond donors (Lipinski definition) is 0. The summed E-state index contributed by atoms with van der Waals surface area (Å²) in [6, 6.07) is 7.58. The lowest BCUT2D eigenvalue weighted by Gasteiger charge is -2.01. The zero-order chi connectivity index (χ0) is 11.4. The number of carbonyl (C=O) groups excluding carboxylic acids is 1. The predicted molar refractivity (Wildman–Crippen MR) is 60.1 cm³/mol. The fourth-order valence-electron chi connectivity index (χ4n) is 1.49. The summed E-state index contributed by atoms with van der Waals surface area (Å²) in [5.74, 6) is 0.00656. The molecule has 0 saturated carbocycles. The van der Waals surface area contributed by atoms with Gasteiger partial charge in [0, 0.05) is 13.3 Å². The maximum Gasteiger partial charge on any atom is 0.164 e. The summed E-state index contributed by atoms with van der Waals surface area (Å²) in [7, 11) is 1.50. The Bertz CT molecular complexity index is 511. The highest BCUT2D eigenvalue weighted by Gasteiger charge is 2.05. The van der Waals surface area contributed by atoms with E-state index in [1.165, 1.54) is 7.11 Å². The number of ketones is 1. The Morgan fingerprint density at radius 3 is 2.81 bits per heavy atom. The number of fused-ring (bicyclic) bond motifs is 1. The Hall–Kier alpha value is -1.81. The van der Waals surface area contributed by atoms with E-state index in [1.54, 1.807) is 6.20 Å². The molecule has 0 N–H and O–H groups in total. The summed E-state index contributed by atoms with van der Waals surface area (Å²) < 4.78 is 4.77. The van der Waals surface area contributed by atoms with Crippen LogP contribution in [0.5, 0.6) is 0 Å². The molecule has 0 amide bonds. The van der Waals surface area contributed by atoms with E-state index in [4.69, 9.17) is 4.74 Å². The van der Waals surface area contributed by atoms with Crippen LogP contribution >= 0.6 is 0 Å². The lowest BCUT2D eigenvalue weighted by molar-refractivity contribution is -0.122. The Morgan fingerprint density at radius 1 is 1.31 bits per heavy atom. The third-order valence-electron chi connectivity index (χ3n) is 2.18. The lowest BCUT2D eigenvalue weighted by atomic mass is 10.2. The van der Waals surface area contributed by atoms with Gasteiger partial charge in [-0.15, -0.1) is 0 Å². The number of nitrogens with zero attached hydrogens (tertiary/aromatic N) is 2. The largest absolute Gasteiger partial charge is 0.377 e. The maximum atomic E-state index is 11.4. The van der Waals surface area contributed by atoms with Crippen LogP contribution in [0, 0.1) is 0 Å². The van der Waals surface area contributed by atoms with E-state index in [-0.39, 0.29) is 18.8 Å². The Labute approximate surface area is 93.3 Å². The molecular weight excluding hydrogens is 204 g/mol. The van der Waals surface area contributed by atoms with Crippen molar-refractivity contribution in [1.82, 2.24) is 9.97 Å². The van der Waals surface area contributed by atoms with Crippen LogP contribution < -0.4 is 0 Å². The number of ether oxygens (including phenoxy) is 1. The van der Waals surface area contributed by atoms with E-state index >= 15 is 0 Å². The molecule has 0 fully saturated rings. The lowest BCUT2D eigenvalue weighted by Crippen LogP contribution is -2.11. The van der Waals surface area contributed by atoms with Crippen LogP contribution in [0.4, 0.5) is 0 Å². The molecule has 2 aromatic rings. The number of carbonyl (C=O) groups is 1. The van der Waals surface area contributed by atoms with Gasteiger partial charge in [-0.25, -0.2) is 4.98 Å². The van der Waals surface area contributed by atoms with Gasteiger partial charge in [0.15, 0.2) is 5.78 Å². The van der Waals surface area contributed by atoms with Crippen molar-refractivity contribution in [3.05, 3.63) is 36.2 Å². The van der Waals surface area contributed by atoms with Gasteiger partial charge in [0.25, 0.3) is 0 Å². The number of benzene rings is 1. The molecule has 1 heterocycles. The van der Waals surface area contributed by atoms with Gasteiger partial charge in [-0.3, -0.25) is 9.78 Å². The Kier molecular flexibility index (Phi) is 3.22. The van der Waals surface area contributed by atoms with Gasteiger partial charge in [-0.1, -0.05) is 12.1 Å². The van der Waals surface area contributed by atoms with Gasteiger partial charge in [-0.2, -0.15) is 0 Å². The molecular formula is C12H12N2O2. The third-order valence-corrected chi connectivity index (χ3v) is 2.18. The molecule has 0 saturated heterocycles. The second-order valence-corrected chi connectivity index (χ2v) is 3.50. The highest BCUT2D eigenvalue weighted by atomic mass is 16.5. The monoisotopic (exact) mass is 216 g/mol. The van der Waals surface area contributed by atoms with Crippen LogP contribution in [0.25, 0.3) is 11.0 Å². The molecule has 0 aliphatic carbocycles. The quantitative estimate of drug-likeness (QED) is 0.775. The molecule has 4 nitrogen and oxygen atoms in total. The van der Waals surface area contributed by atoms with Crippen molar-refractivity contribution in [3.8, 4) is 0 Å². The minimum Gasteiger partial charge on any atom is -0.377 e. The van der Waals surface area contributed by atoms with E-state index in [0.717, 1.165) is 11.0 Å². The number of para-hydroxylation sites is 2. The molecule has 82 valence electrons. The van der Waals surface area contributed by atoms with Gasteiger partial charge in [0.1, 0.15) is 6.61 Å². The fourth-order valence-corrected chi connectivity index (χ4v) is 1.49. The molecule has 0 unspecified atom stereocenters. The molecule has 0 radical (unpaired) electrons. The van der Waals surface area contributed by atoms with Crippen molar-refractivity contribution in [2.24, 2.45) is 0 Å². The van der Waals surface area contributed by atoms with Crippen LogP contribution in [0.3, 0.4) is 0 Å². The van der Waals surface area contributed by atoms with E-state index in [2.05, 4.69) is 9.97 Å². The minimum absolute atomic E-state index is 0.00656. The zero-order valence-electron chi connectivity index (χ0n) is 9.01. The first kappa shape index (κ1) is 10.7. The van der Waals surface area contributed by atoms with Gasteiger partial charge < -0.3 is 4.74 Å². The van der Waals surface area contributed by atoms with E-state index in [0.29, 0.717) is 5.69 Å². The van der Waals surface area contributed by atoms with Crippen molar-refractivity contribution >= 4 is 16.8 Å². The van der Waals surface area contributed by atoms with Crippen molar-refractivity contribution in [2.75, 3.05) is 13.7 Å². The van der Waals surface area contributed by atoms with Crippen LogP contribution in [0.15, 0.2) is 30.5 Å². The SMILES string of the molecule is COCC(=O)Cc1cnc2ccccc2n1. The zero-order valence-corrected chi connectivity index (χ0v) is 9.01. The second-order valence-electron chi connectivity index (χ2n) is 3.50. The molecule has 1 aromatic heterocycles. The summed E-state index contributed by atoms with van der Waals surface area (Å²) in [5.41, 5.74) is 2.33. The highest BCUT2D eigenvalue weighted by molar-refractivity contribution is 5.82. The third kappa shape index (κ3) is 2.41. The molecule has 1 aromatic carbocycles. The predicted octanol–water partition coefficient (Wildman–Crippen LogP) is 1.39. The first-order valence-corrected chi connectivity index (χ1v) is 5.01. The van der Waals surface area contributed by atoms with Crippen molar-refractivity contribution in [2.45, 2.75) is 6.42 Å². The number of Topliss-reactive ketones (excluding diaryl/α,β-unsaturated/α-hetero) is 1. The summed E-state index contributed by atoms with van der Waals surface area (Å²) in [6.45, 7) is 0.120. The average Bonchev–Trinajstić information content (AvgIpc) is 2.29. The van der Waals surface area contributed by atoms with Gasteiger partial charge in [0.2, 0.25) is 0 Å². The first-order chi connectivity index (χ1) is 7.79. The van der Waals surface area contributed by atoms with Gasteiger partial charge >= 0.3 is 0 Å².